The van der Waals surface area contributed by atoms with Crippen LogP contribution >= 0.6 is 50.7 Å². The SMILES string of the molecule is Clc1cc2c(c(C(Br)c3cccc(Cl)c3Cl)c1)OCC2. The Balaban J connectivity index is 2.11. The molecule has 0 bridgehead atoms. The first kappa shape index (κ1) is 14.5. The monoisotopic (exact) mass is 390 g/mol. The average molecular weight is 393 g/mol. The summed E-state index contributed by atoms with van der Waals surface area (Å²) in [6.07, 6.45) is 0.881. The molecule has 3 rings (SSSR count). The van der Waals surface area contributed by atoms with Crippen LogP contribution in [0.1, 0.15) is 21.5 Å². The topological polar surface area (TPSA) is 9.23 Å². The molecule has 0 saturated carbocycles. The van der Waals surface area contributed by atoms with E-state index in [4.69, 9.17) is 39.5 Å². The molecule has 0 aliphatic carbocycles. The minimum Gasteiger partial charge on any atom is -0.493 e. The summed E-state index contributed by atoms with van der Waals surface area (Å²) in [6.45, 7) is 0.686. The van der Waals surface area contributed by atoms with E-state index >= 15 is 0 Å². The van der Waals surface area contributed by atoms with Crippen LogP contribution in [0.4, 0.5) is 0 Å². The van der Waals surface area contributed by atoms with Gasteiger partial charge in [-0.05, 0) is 29.3 Å². The second-order valence-corrected chi connectivity index (χ2v) is 6.72. The molecule has 0 saturated heterocycles. The van der Waals surface area contributed by atoms with Crippen LogP contribution in [0.15, 0.2) is 30.3 Å². The van der Waals surface area contributed by atoms with E-state index in [1.54, 1.807) is 6.07 Å². The summed E-state index contributed by atoms with van der Waals surface area (Å²) >= 11 is 22.3. The Labute approximate surface area is 140 Å². The normalized spacial score (nSPS) is 14.8. The van der Waals surface area contributed by atoms with Crippen LogP contribution in [0.5, 0.6) is 5.75 Å². The molecule has 1 atom stereocenters. The molecule has 0 aromatic heterocycles. The molecular formula is C15H10BrCl3O. The van der Waals surface area contributed by atoms with Crippen molar-refractivity contribution in [2.24, 2.45) is 0 Å². The quantitative estimate of drug-likeness (QED) is 0.564. The van der Waals surface area contributed by atoms with E-state index < -0.39 is 0 Å². The largest absolute Gasteiger partial charge is 0.493 e. The smallest absolute Gasteiger partial charge is 0.127 e. The van der Waals surface area contributed by atoms with Crippen LogP contribution in [0, 0.1) is 0 Å². The fourth-order valence-corrected chi connectivity index (χ4v) is 3.89. The zero-order valence-corrected chi connectivity index (χ0v) is 14.2. The molecule has 2 aromatic rings. The van der Waals surface area contributed by atoms with Gasteiger partial charge in [-0.2, -0.15) is 0 Å². The van der Waals surface area contributed by atoms with Crippen LogP contribution in [-0.4, -0.2) is 6.61 Å². The molecule has 1 unspecified atom stereocenters. The van der Waals surface area contributed by atoms with Crippen molar-refractivity contribution >= 4 is 50.7 Å². The Hall–Kier alpha value is -0.410. The van der Waals surface area contributed by atoms with Crippen LogP contribution in [-0.2, 0) is 6.42 Å². The summed E-state index contributed by atoms with van der Waals surface area (Å²) in [5.41, 5.74) is 3.02. The van der Waals surface area contributed by atoms with E-state index in [0.29, 0.717) is 21.7 Å². The Morgan fingerprint density at radius 1 is 1.10 bits per heavy atom. The first-order valence-electron chi connectivity index (χ1n) is 6.11. The second-order valence-electron chi connectivity index (χ2n) is 4.59. The number of alkyl halides is 1. The van der Waals surface area contributed by atoms with Gasteiger partial charge in [-0.15, -0.1) is 0 Å². The van der Waals surface area contributed by atoms with Gasteiger partial charge in [0, 0.05) is 17.0 Å². The zero-order valence-electron chi connectivity index (χ0n) is 10.3. The van der Waals surface area contributed by atoms with Crippen molar-refractivity contribution in [3.8, 4) is 5.75 Å². The summed E-state index contributed by atoms with van der Waals surface area (Å²) < 4.78 is 5.73. The number of benzene rings is 2. The molecule has 0 spiro atoms. The number of hydrogen-bond donors (Lipinski definition) is 0. The Kier molecular flexibility index (Phi) is 4.19. The van der Waals surface area contributed by atoms with Crippen LogP contribution in [0.3, 0.4) is 0 Å². The van der Waals surface area contributed by atoms with E-state index in [9.17, 15) is 0 Å². The fraction of sp³-hybridized carbons (Fsp3) is 0.200. The van der Waals surface area contributed by atoms with Gasteiger partial charge in [0.2, 0.25) is 0 Å². The van der Waals surface area contributed by atoms with Gasteiger partial charge in [0.15, 0.2) is 0 Å². The van der Waals surface area contributed by atoms with Gasteiger partial charge in [-0.25, -0.2) is 0 Å². The average Bonchev–Trinajstić information content (AvgIpc) is 2.88. The maximum atomic E-state index is 6.29. The van der Waals surface area contributed by atoms with E-state index in [2.05, 4.69) is 15.9 Å². The molecule has 0 amide bonds. The molecule has 1 aliphatic rings. The van der Waals surface area contributed by atoms with Crippen LogP contribution < -0.4 is 4.74 Å². The van der Waals surface area contributed by atoms with Crippen molar-refractivity contribution < 1.29 is 4.74 Å². The lowest BCUT2D eigenvalue weighted by Crippen LogP contribution is -1.98. The van der Waals surface area contributed by atoms with E-state index in [1.807, 2.05) is 24.3 Å². The molecule has 2 aromatic carbocycles. The Bertz CT molecular complexity index is 672. The maximum Gasteiger partial charge on any atom is 0.127 e. The van der Waals surface area contributed by atoms with Crippen molar-refractivity contribution in [2.75, 3.05) is 6.61 Å². The minimum atomic E-state index is -0.112. The van der Waals surface area contributed by atoms with Crippen LogP contribution in [0.25, 0.3) is 0 Å². The number of fused-ring (bicyclic) bond motifs is 1. The number of rotatable bonds is 2. The first-order valence-corrected chi connectivity index (χ1v) is 8.16. The summed E-state index contributed by atoms with van der Waals surface area (Å²) in [5.74, 6) is 0.896. The van der Waals surface area contributed by atoms with Gasteiger partial charge in [0.05, 0.1) is 21.5 Å². The highest BCUT2D eigenvalue weighted by molar-refractivity contribution is 9.09. The minimum absolute atomic E-state index is 0.112. The molecule has 0 N–H and O–H groups in total. The lowest BCUT2D eigenvalue weighted by atomic mass is 10.0. The molecular weight excluding hydrogens is 382 g/mol. The Morgan fingerprint density at radius 3 is 2.70 bits per heavy atom. The van der Waals surface area contributed by atoms with Gasteiger partial charge in [-0.3, -0.25) is 0 Å². The molecule has 1 nitrogen and oxygen atoms in total. The molecule has 0 fully saturated rings. The standard InChI is InChI=1S/C15H10BrCl3O/c16-13(10-2-1-3-12(18)14(10)19)11-7-9(17)6-8-4-5-20-15(8)11/h1-3,6-7,13H,4-5H2. The molecule has 0 radical (unpaired) electrons. The predicted molar refractivity (Wildman–Crippen MR) is 87.9 cm³/mol. The second kappa shape index (κ2) is 5.76. The highest BCUT2D eigenvalue weighted by Crippen LogP contribution is 2.45. The van der Waals surface area contributed by atoms with Gasteiger partial charge in [0.25, 0.3) is 0 Å². The number of halogens is 4. The third-order valence-electron chi connectivity index (χ3n) is 3.30. The fourth-order valence-electron chi connectivity index (χ4n) is 2.37. The highest BCUT2D eigenvalue weighted by Gasteiger charge is 2.24. The molecule has 104 valence electrons. The van der Waals surface area contributed by atoms with E-state index in [1.165, 1.54) is 0 Å². The third kappa shape index (κ3) is 2.55. The molecule has 1 heterocycles. The van der Waals surface area contributed by atoms with Gasteiger partial charge < -0.3 is 4.74 Å². The summed E-state index contributed by atoms with van der Waals surface area (Å²) in [6, 6.07) is 9.44. The molecule has 20 heavy (non-hydrogen) atoms. The van der Waals surface area contributed by atoms with Gasteiger partial charge in [-0.1, -0.05) is 62.9 Å². The maximum absolute atomic E-state index is 6.29. The van der Waals surface area contributed by atoms with Crippen molar-refractivity contribution in [3.63, 3.8) is 0 Å². The van der Waals surface area contributed by atoms with Crippen LogP contribution in [0.2, 0.25) is 15.1 Å². The molecule has 1 aliphatic heterocycles. The first-order chi connectivity index (χ1) is 9.58. The Morgan fingerprint density at radius 2 is 1.90 bits per heavy atom. The van der Waals surface area contributed by atoms with Crippen molar-refractivity contribution in [2.45, 2.75) is 11.2 Å². The number of ether oxygens (including phenoxy) is 1. The third-order valence-corrected chi connectivity index (χ3v) is 5.34. The lowest BCUT2D eigenvalue weighted by Gasteiger charge is -2.17. The highest BCUT2D eigenvalue weighted by atomic mass is 79.9. The summed E-state index contributed by atoms with van der Waals surface area (Å²) in [7, 11) is 0. The van der Waals surface area contributed by atoms with E-state index in [-0.39, 0.29) is 4.83 Å². The van der Waals surface area contributed by atoms with E-state index in [0.717, 1.165) is 28.9 Å². The van der Waals surface area contributed by atoms with Gasteiger partial charge in [0.1, 0.15) is 5.75 Å². The summed E-state index contributed by atoms with van der Waals surface area (Å²) in [4.78, 5) is -0.112. The lowest BCUT2D eigenvalue weighted by molar-refractivity contribution is 0.354. The zero-order chi connectivity index (χ0) is 14.3. The summed E-state index contributed by atoms with van der Waals surface area (Å²) in [5, 5.41) is 1.78. The predicted octanol–water partition coefficient (Wildman–Crippen LogP) is 6.07. The van der Waals surface area contributed by atoms with Crippen molar-refractivity contribution in [1.29, 1.82) is 0 Å². The number of hydrogen-bond acceptors (Lipinski definition) is 1. The van der Waals surface area contributed by atoms with Crippen molar-refractivity contribution in [3.05, 3.63) is 62.1 Å². The van der Waals surface area contributed by atoms with Crippen molar-refractivity contribution in [1.82, 2.24) is 0 Å². The molecule has 5 heteroatoms. The van der Waals surface area contributed by atoms with Gasteiger partial charge >= 0.3 is 0 Å².